The normalized spacial score (nSPS) is 21.6. The summed E-state index contributed by atoms with van der Waals surface area (Å²) in [5.41, 5.74) is 0.769. The quantitative estimate of drug-likeness (QED) is 0.524. The van der Waals surface area contributed by atoms with Crippen LogP contribution in [-0.2, 0) is 9.53 Å². The third-order valence-corrected chi connectivity index (χ3v) is 4.78. The molecule has 2 N–H and O–H groups in total. The Balaban J connectivity index is 1.86. The summed E-state index contributed by atoms with van der Waals surface area (Å²) in [5.74, 6) is -0.236. The molecule has 0 aromatic rings. The fraction of sp³-hybridized carbons (Fsp3) is 0.800. The van der Waals surface area contributed by atoms with E-state index >= 15 is 0 Å². The molecular weight excluding hydrogens is 349 g/mol. The van der Waals surface area contributed by atoms with E-state index in [1.54, 1.807) is 20.8 Å². The second-order valence-corrected chi connectivity index (χ2v) is 8.44. The van der Waals surface area contributed by atoms with Gasteiger partial charge in [0.2, 0.25) is 5.91 Å². The summed E-state index contributed by atoms with van der Waals surface area (Å²) in [6, 6.07) is -0.710. The second-order valence-electron chi connectivity index (χ2n) is 8.44. The largest absolute Gasteiger partial charge is 0.444 e. The van der Waals surface area contributed by atoms with E-state index < -0.39 is 23.9 Å². The van der Waals surface area contributed by atoms with Crippen molar-refractivity contribution in [1.82, 2.24) is 15.5 Å². The molecular formula is C20H34FN3O3. The van der Waals surface area contributed by atoms with Crippen LogP contribution in [0.25, 0.3) is 0 Å². The average molecular weight is 384 g/mol. The summed E-state index contributed by atoms with van der Waals surface area (Å²) in [4.78, 5) is 26.4. The minimum atomic E-state index is -0.979. The van der Waals surface area contributed by atoms with Crippen molar-refractivity contribution < 1.29 is 18.7 Å². The van der Waals surface area contributed by atoms with Crippen molar-refractivity contribution in [3.05, 3.63) is 11.6 Å². The molecule has 1 aliphatic carbocycles. The van der Waals surface area contributed by atoms with Gasteiger partial charge in [-0.15, -0.1) is 0 Å². The van der Waals surface area contributed by atoms with Crippen molar-refractivity contribution in [2.45, 2.75) is 77.1 Å². The Kier molecular flexibility index (Phi) is 8.07. The maximum atomic E-state index is 13.5. The summed E-state index contributed by atoms with van der Waals surface area (Å²) < 4.78 is 18.7. The molecule has 2 rings (SSSR count). The van der Waals surface area contributed by atoms with Crippen LogP contribution in [0.4, 0.5) is 9.18 Å². The molecule has 1 fully saturated rings. The Hall–Kier alpha value is -1.63. The Labute approximate surface area is 161 Å². The van der Waals surface area contributed by atoms with Crippen LogP contribution in [-0.4, -0.2) is 60.9 Å². The molecule has 1 saturated heterocycles. The highest BCUT2D eigenvalue weighted by molar-refractivity contribution is 5.86. The SMILES string of the molecule is CC(C)(C)OC(=O)N[C@@H](CCNCC1=CCCCC1)C(=O)N1CCC(F)C1. The fourth-order valence-corrected chi connectivity index (χ4v) is 3.41. The lowest BCUT2D eigenvalue weighted by atomic mass is 10.00. The van der Waals surface area contributed by atoms with Gasteiger partial charge in [0.1, 0.15) is 17.8 Å². The Bertz CT molecular complexity index is 545. The lowest BCUT2D eigenvalue weighted by Gasteiger charge is -2.26. The van der Waals surface area contributed by atoms with Crippen LogP contribution >= 0.6 is 0 Å². The van der Waals surface area contributed by atoms with E-state index in [4.69, 9.17) is 4.74 Å². The van der Waals surface area contributed by atoms with Crippen LogP contribution in [0.15, 0.2) is 11.6 Å². The number of hydrogen-bond acceptors (Lipinski definition) is 4. The van der Waals surface area contributed by atoms with Gasteiger partial charge >= 0.3 is 6.09 Å². The molecule has 27 heavy (non-hydrogen) atoms. The van der Waals surface area contributed by atoms with Crippen LogP contribution in [0.5, 0.6) is 0 Å². The van der Waals surface area contributed by atoms with Crippen LogP contribution < -0.4 is 10.6 Å². The number of nitrogens with one attached hydrogen (secondary N) is 2. The zero-order valence-electron chi connectivity index (χ0n) is 16.9. The molecule has 1 heterocycles. The zero-order chi connectivity index (χ0) is 19.9. The number of hydrogen-bond donors (Lipinski definition) is 2. The van der Waals surface area contributed by atoms with Crippen molar-refractivity contribution >= 4 is 12.0 Å². The van der Waals surface area contributed by atoms with Gasteiger partial charge in [0.25, 0.3) is 0 Å². The lowest BCUT2D eigenvalue weighted by molar-refractivity contribution is -0.132. The van der Waals surface area contributed by atoms with Gasteiger partial charge in [0.05, 0.1) is 6.54 Å². The second kappa shape index (κ2) is 10.1. The first-order valence-corrected chi connectivity index (χ1v) is 10.1. The van der Waals surface area contributed by atoms with E-state index in [2.05, 4.69) is 16.7 Å². The predicted octanol–water partition coefficient (Wildman–Crippen LogP) is 2.93. The molecule has 2 amide bonds. The number of nitrogens with zero attached hydrogens (tertiary/aromatic N) is 1. The topological polar surface area (TPSA) is 70.7 Å². The van der Waals surface area contributed by atoms with E-state index in [-0.39, 0.29) is 12.5 Å². The average Bonchev–Trinajstić information content (AvgIpc) is 3.02. The maximum absolute atomic E-state index is 13.5. The highest BCUT2D eigenvalue weighted by Gasteiger charge is 2.32. The molecule has 6 nitrogen and oxygen atoms in total. The van der Waals surface area contributed by atoms with Crippen molar-refractivity contribution in [2.24, 2.45) is 0 Å². The van der Waals surface area contributed by atoms with E-state index in [9.17, 15) is 14.0 Å². The number of allylic oxidation sites excluding steroid dienone is 1. The lowest BCUT2D eigenvalue weighted by Crippen LogP contribution is -2.50. The molecule has 1 unspecified atom stereocenters. The van der Waals surface area contributed by atoms with E-state index in [1.165, 1.54) is 23.3 Å². The van der Waals surface area contributed by atoms with E-state index in [0.29, 0.717) is 25.9 Å². The highest BCUT2D eigenvalue weighted by Crippen LogP contribution is 2.17. The van der Waals surface area contributed by atoms with Crippen LogP contribution in [0.1, 0.15) is 59.3 Å². The molecule has 2 aliphatic rings. The van der Waals surface area contributed by atoms with Crippen molar-refractivity contribution in [1.29, 1.82) is 0 Å². The summed E-state index contributed by atoms with van der Waals surface area (Å²) in [6.45, 7) is 7.23. The number of ether oxygens (including phenoxy) is 1. The van der Waals surface area contributed by atoms with Gasteiger partial charge < -0.3 is 20.3 Å². The number of carbonyl (C=O) groups is 2. The van der Waals surface area contributed by atoms with Gasteiger partial charge in [0, 0.05) is 13.1 Å². The molecule has 0 saturated carbocycles. The number of likely N-dealkylation sites (tertiary alicyclic amines) is 1. The van der Waals surface area contributed by atoms with Crippen molar-refractivity contribution in [2.75, 3.05) is 26.2 Å². The monoisotopic (exact) mass is 383 g/mol. The molecule has 154 valence electrons. The summed E-state index contributed by atoms with van der Waals surface area (Å²) in [7, 11) is 0. The smallest absolute Gasteiger partial charge is 0.408 e. The zero-order valence-corrected chi connectivity index (χ0v) is 16.9. The fourth-order valence-electron chi connectivity index (χ4n) is 3.41. The number of rotatable bonds is 7. The van der Waals surface area contributed by atoms with E-state index in [1.807, 2.05) is 0 Å². The minimum absolute atomic E-state index is 0.103. The van der Waals surface area contributed by atoms with Crippen LogP contribution in [0, 0.1) is 0 Å². The molecule has 7 heteroatoms. The van der Waals surface area contributed by atoms with E-state index in [0.717, 1.165) is 19.4 Å². The van der Waals surface area contributed by atoms with Gasteiger partial charge in [-0.25, -0.2) is 9.18 Å². The molecule has 0 bridgehead atoms. The highest BCUT2D eigenvalue weighted by atomic mass is 19.1. The van der Waals surface area contributed by atoms with Gasteiger partial charge in [0.15, 0.2) is 0 Å². The Morgan fingerprint density at radius 2 is 2.15 bits per heavy atom. The number of halogens is 1. The van der Waals surface area contributed by atoms with Gasteiger partial charge in [-0.1, -0.05) is 11.6 Å². The first kappa shape index (κ1) is 21.7. The van der Waals surface area contributed by atoms with Gasteiger partial charge in [-0.05, 0) is 65.8 Å². The maximum Gasteiger partial charge on any atom is 0.408 e. The van der Waals surface area contributed by atoms with Gasteiger partial charge in [-0.3, -0.25) is 4.79 Å². The van der Waals surface area contributed by atoms with Crippen LogP contribution in [0.3, 0.4) is 0 Å². The first-order valence-electron chi connectivity index (χ1n) is 10.1. The Morgan fingerprint density at radius 3 is 2.74 bits per heavy atom. The molecule has 0 radical (unpaired) electrons. The molecule has 0 aromatic carbocycles. The third-order valence-electron chi connectivity index (χ3n) is 4.78. The van der Waals surface area contributed by atoms with Crippen LogP contribution in [0.2, 0.25) is 0 Å². The first-order chi connectivity index (χ1) is 12.7. The third kappa shape index (κ3) is 7.87. The van der Waals surface area contributed by atoms with Crippen molar-refractivity contribution in [3.8, 4) is 0 Å². The summed E-state index contributed by atoms with van der Waals surface area (Å²) in [5, 5.41) is 6.03. The van der Waals surface area contributed by atoms with Crippen molar-refractivity contribution in [3.63, 3.8) is 0 Å². The minimum Gasteiger partial charge on any atom is -0.444 e. The number of alkyl halides is 1. The Morgan fingerprint density at radius 1 is 1.37 bits per heavy atom. The number of alkyl carbamates (subject to hydrolysis) is 1. The summed E-state index contributed by atoms with van der Waals surface area (Å²) in [6.07, 6.45) is 6.23. The van der Waals surface area contributed by atoms with Gasteiger partial charge in [-0.2, -0.15) is 0 Å². The molecule has 0 aromatic heterocycles. The standard InChI is InChI=1S/C20H34FN3O3/c1-20(2,3)27-19(26)23-17(18(25)24-12-10-16(21)14-24)9-11-22-13-15-7-5-4-6-8-15/h7,16-17,22H,4-6,8-14H2,1-3H3,(H,23,26)/t16?,17-/m0/s1. The molecule has 0 spiro atoms. The molecule has 2 atom stereocenters. The predicted molar refractivity (Wildman–Crippen MR) is 103 cm³/mol. The summed E-state index contributed by atoms with van der Waals surface area (Å²) >= 11 is 0. The molecule has 1 aliphatic heterocycles. The number of amides is 2. The number of carbonyl (C=O) groups excluding carboxylic acids is 2.